The summed E-state index contributed by atoms with van der Waals surface area (Å²) in [6.45, 7) is 0. The molecule has 0 aromatic heterocycles. The Morgan fingerprint density at radius 2 is 1.95 bits per heavy atom. The second-order valence-corrected chi connectivity index (χ2v) is 4.28. The summed E-state index contributed by atoms with van der Waals surface area (Å²) >= 11 is 5.94. The molecule has 0 bridgehead atoms. The van der Waals surface area contributed by atoms with Crippen LogP contribution in [0.4, 0.5) is 20.2 Å². The van der Waals surface area contributed by atoms with Crippen molar-refractivity contribution in [1.29, 1.82) is 5.26 Å². The maximum atomic E-state index is 13.7. The fourth-order valence-electron chi connectivity index (χ4n) is 1.63. The number of ether oxygens (including phenoxy) is 1. The molecular weight excluding hydrogens is 286 g/mol. The zero-order chi connectivity index (χ0) is 14.7. The van der Waals surface area contributed by atoms with E-state index in [4.69, 9.17) is 21.6 Å². The Bertz CT molecular complexity index is 698. The molecule has 0 amide bonds. The summed E-state index contributed by atoms with van der Waals surface area (Å²) in [6, 6.07) is 8.79. The fraction of sp³-hybridized carbons (Fsp3) is 0.0714. The molecule has 2 rings (SSSR count). The predicted molar refractivity (Wildman–Crippen MR) is 72.4 cm³/mol. The van der Waals surface area contributed by atoms with Crippen molar-refractivity contribution in [2.75, 3.05) is 12.4 Å². The van der Waals surface area contributed by atoms with Gasteiger partial charge in [-0.3, -0.25) is 0 Å². The van der Waals surface area contributed by atoms with Gasteiger partial charge in [-0.1, -0.05) is 11.6 Å². The Kier molecular flexibility index (Phi) is 4.06. The van der Waals surface area contributed by atoms with Gasteiger partial charge in [-0.25, -0.2) is 8.78 Å². The van der Waals surface area contributed by atoms with E-state index in [2.05, 4.69) is 5.32 Å². The number of hydrogen-bond acceptors (Lipinski definition) is 3. The van der Waals surface area contributed by atoms with Crippen LogP contribution in [0.2, 0.25) is 5.02 Å². The van der Waals surface area contributed by atoms with Gasteiger partial charge in [0.2, 0.25) is 0 Å². The largest absolute Gasteiger partial charge is 0.495 e. The maximum absolute atomic E-state index is 13.7. The lowest BCUT2D eigenvalue weighted by Gasteiger charge is -2.10. The molecule has 2 aromatic carbocycles. The van der Waals surface area contributed by atoms with E-state index >= 15 is 0 Å². The molecule has 2 aromatic rings. The van der Waals surface area contributed by atoms with Gasteiger partial charge in [0, 0.05) is 5.69 Å². The van der Waals surface area contributed by atoms with Crippen molar-refractivity contribution in [2.24, 2.45) is 0 Å². The number of halogens is 3. The van der Waals surface area contributed by atoms with Gasteiger partial charge in [-0.15, -0.1) is 0 Å². The molecule has 102 valence electrons. The van der Waals surface area contributed by atoms with Crippen LogP contribution >= 0.6 is 11.6 Å². The van der Waals surface area contributed by atoms with Crippen LogP contribution in [-0.4, -0.2) is 7.11 Å². The van der Waals surface area contributed by atoms with Crippen LogP contribution in [-0.2, 0) is 0 Å². The molecule has 0 saturated carbocycles. The lowest BCUT2D eigenvalue weighted by atomic mass is 10.2. The standard InChI is InChI=1S/C14H9ClF2N2O/c1-20-12-5-3-9(6-10(12)15)19-11-4-2-8(7-18)13(16)14(11)17/h2-6,19H,1H3. The minimum Gasteiger partial charge on any atom is -0.495 e. The SMILES string of the molecule is COc1ccc(Nc2ccc(C#N)c(F)c2F)cc1Cl. The molecule has 0 radical (unpaired) electrons. The summed E-state index contributed by atoms with van der Waals surface area (Å²) in [4.78, 5) is 0. The molecule has 0 heterocycles. The Labute approximate surface area is 119 Å². The van der Waals surface area contributed by atoms with E-state index in [1.807, 2.05) is 0 Å². The summed E-state index contributed by atoms with van der Waals surface area (Å²) in [6.07, 6.45) is 0. The normalized spacial score (nSPS) is 9.95. The minimum absolute atomic E-state index is 0.0808. The Morgan fingerprint density at radius 1 is 1.20 bits per heavy atom. The Morgan fingerprint density at radius 3 is 2.55 bits per heavy atom. The van der Waals surface area contributed by atoms with Gasteiger partial charge >= 0.3 is 0 Å². The van der Waals surface area contributed by atoms with Crippen LogP contribution in [0.5, 0.6) is 5.75 Å². The third-order valence-electron chi connectivity index (χ3n) is 2.63. The molecule has 20 heavy (non-hydrogen) atoms. The van der Waals surface area contributed by atoms with E-state index in [0.717, 1.165) is 0 Å². The maximum Gasteiger partial charge on any atom is 0.183 e. The third kappa shape index (κ3) is 2.65. The molecule has 0 aliphatic heterocycles. The second kappa shape index (κ2) is 5.76. The van der Waals surface area contributed by atoms with Gasteiger partial charge in [-0.05, 0) is 30.3 Å². The summed E-state index contributed by atoms with van der Waals surface area (Å²) in [7, 11) is 1.48. The van der Waals surface area contributed by atoms with Gasteiger partial charge in [0.15, 0.2) is 11.6 Å². The second-order valence-electron chi connectivity index (χ2n) is 3.87. The van der Waals surface area contributed by atoms with Gasteiger partial charge in [0.1, 0.15) is 11.8 Å². The van der Waals surface area contributed by atoms with Crippen molar-refractivity contribution in [3.63, 3.8) is 0 Å². The monoisotopic (exact) mass is 294 g/mol. The minimum atomic E-state index is -1.18. The molecule has 0 spiro atoms. The van der Waals surface area contributed by atoms with Crippen LogP contribution in [0.1, 0.15) is 5.56 Å². The van der Waals surface area contributed by atoms with Crippen LogP contribution < -0.4 is 10.1 Å². The first-order valence-corrected chi connectivity index (χ1v) is 5.93. The quantitative estimate of drug-likeness (QED) is 0.921. The van der Waals surface area contributed by atoms with E-state index in [-0.39, 0.29) is 11.3 Å². The molecule has 0 unspecified atom stereocenters. The fourth-order valence-corrected chi connectivity index (χ4v) is 1.89. The van der Waals surface area contributed by atoms with Gasteiger partial charge < -0.3 is 10.1 Å². The number of methoxy groups -OCH3 is 1. The smallest absolute Gasteiger partial charge is 0.183 e. The van der Waals surface area contributed by atoms with Gasteiger partial charge in [-0.2, -0.15) is 5.26 Å². The van der Waals surface area contributed by atoms with E-state index in [0.29, 0.717) is 16.5 Å². The van der Waals surface area contributed by atoms with Gasteiger partial charge in [0.05, 0.1) is 23.4 Å². The summed E-state index contributed by atoms with van der Waals surface area (Å²) < 4.78 is 32.2. The molecule has 0 aliphatic carbocycles. The lowest BCUT2D eigenvalue weighted by Crippen LogP contribution is -1.98. The highest BCUT2D eigenvalue weighted by Crippen LogP contribution is 2.30. The number of benzene rings is 2. The molecule has 0 fully saturated rings. The molecule has 1 N–H and O–H groups in total. The van der Waals surface area contributed by atoms with Crippen LogP contribution in [0, 0.1) is 23.0 Å². The van der Waals surface area contributed by atoms with Crippen LogP contribution in [0.15, 0.2) is 30.3 Å². The van der Waals surface area contributed by atoms with Crippen LogP contribution in [0.25, 0.3) is 0 Å². The first-order valence-electron chi connectivity index (χ1n) is 5.55. The van der Waals surface area contributed by atoms with Crippen molar-refractivity contribution in [1.82, 2.24) is 0 Å². The number of rotatable bonds is 3. The predicted octanol–water partition coefficient (Wildman–Crippen LogP) is 4.24. The molecule has 0 aliphatic rings. The number of anilines is 2. The Balaban J connectivity index is 2.34. The lowest BCUT2D eigenvalue weighted by molar-refractivity contribution is 0.415. The Hall–Kier alpha value is -2.32. The highest BCUT2D eigenvalue weighted by molar-refractivity contribution is 6.32. The summed E-state index contributed by atoms with van der Waals surface area (Å²) in [5, 5.41) is 11.6. The van der Waals surface area contributed by atoms with Crippen molar-refractivity contribution in [3.8, 4) is 11.8 Å². The molecule has 0 atom stereocenters. The zero-order valence-electron chi connectivity index (χ0n) is 10.4. The van der Waals surface area contributed by atoms with E-state index < -0.39 is 11.6 Å². The summed E-state index contributed by atoms with van der Waals surface area (Å²) in [5.74, 6) is -1.82. The summed E-state index contributed by atoms with van der Waals surface area (Å²) in [5.41, 5.74) is 0.0438. The third-order valence-corrected chi connectivity index (χ3v) is 2.93. The molecule has 6 heteroatoms. The van der Waals surface area contributed by atoms with E-state index in [1.54, 1.807) is 18.2 Å². The van der Waals surface area contributed by atoms with Gasteiger partial charge in [0.25, 0.3) is 0 Å². The average Bonchev–Trinajstić information content (AvgIpc) is 2.44. The molecule has 0 saturated heterocycles. The average molecular weight is 295 g/mol. The van der Waals surface area contributed by atoms with Crippen molar-refractivity contribution in [2.45, 2.75) is 0 Å². The zero-order valence-corrected chi connectivity index (χ0v) is 11.1. The van der Waals surface area contributed by atoms with E-state index in [9.17, 15) is 8.78 Å². The topological polar surface area (TPSA) is 45.0 Å². The number of hydrogen-bond donors (Lipinski definition) is 1. The number of nitrogens with zero attached hydrogens (tertiary/aromatic N) is 1. The molecule has 3 nitrogen and oxygen atoms in total. The van der Waals surface area contributed by atoms with Crippen molar-refractivity contribution >= 4 is 23.0 Å². The van der Waals surface area contributed by atoms with Crippen molar-refractivity contribution < 1.29 is 13.5 Å². The highest BCUT2D eigenvalue weighted by Gasteiger charge is 2.13. The first-order chi connectivity index (χ1) is 9.56. The first kappa shape index (κ1) is 14.1. The van der Waals surface area contributed by atoms with E-state index in [1.165, 1.54) is 25.3 Å². The molecular formula is C14H9ClF2N2O. The van der Waals surface area contributed by atoms with Crippen LogP contribution in [0.3, 0.4) is 0 Å². The number of nitrogens with one attached hydrogen (secondary N) is 1. The number of nitriles is 1. The highest BCUT2D eigenvalue weighted by atomic mass is 35.5. The van der Waals surface area contributed by atoms with Crippen molar-refractivity contribution in [3.05, 3.63) is 52.6 Å².